The Labute approximate surface area is 63.0 Å². The van der Waals surface area contributed by atoms with Crippen molar-refractivity contribution in [2.75, 3.05) is 13.1 Å². The van der Waals surface area contributed by atoms with Gasteiger partial charge in [-0.2, -0.15) is 0 Å². The quantitative estimate of drug-likeness (QED) is 0.445. The highest BCUT2D eigenvalue weighted by molar-refractivity contribution is 7.66. The molecule has 1 nitrogen and oxygen atoms in total. The number of rotatable bonds is 5. The number of hydrogen-bond acceptors (Lipinski definition) is 1. The highest BCUT2D eigenvalue weighted by Crippen LogP contribution is 2.21. The van der Waals surface area contributed by atoms with Gasteiger partial charge in [-0.05, 0) is 0 Å². The van der Waals surface area contributed by atoms with Crippen LogP contribution in [0, 0.1) is 0 Å². The van der Waals surface area contributed by atoms with Crippen LogP contribution in [0.1, 0.15) is 0 Å². The Bertz CT molecular complexity index is 85.1. The van der Waals surface area contributed by atoms with Crippen LogP contribution in [0.2, 0.25) is 0 Å². The van der Waals surface area contributed by atoms with E-state index in [0.29, 0.717) is 8.08 Å². The molecule has 0 radical (unpaired) electrons. The van der Waals surface area contributed by atoms with Gasteiger partial charge in [-0.15, -0.1) is 13.2 Å². The molecule has 0 spiro atoms. The van der Waals surface area contributed by atoms with Gasteiger partial charge < -0.3 is 0 Å². The van der Waals surface area contributed by atoms with Crippen molar-refractivity contribution < 1.29 is 0 Å². The van der Waals surface area contributed by atoms with Crippen LogP contribution >= 0.6 is 19.3 Å². The highest BCUT2D eigenvalue weighted by Gasteiger charge is 1.94. The van der Waals surface area contributed by atoms with Crippen LogP contribution in [0.4, 0.5) is 0 Å². The molecular formula is C6H11ClNP. The molecule has 52 valence electrons. The Morgan fingerprint density at radius 2 is 1.78 bits per heavy atom. The lowest BCUT2D eigenvalue weighted by atomic mass is 10.5. The first-order chi connectivity index (χ1) is 4.35. The smallest absolute Gasteiger partial charge is 0.0484 e. The molecule has 0 rings (SSSR count). The predicted molar refractivity (Wildman–Crippen MR) is 46.1 cm³/mol. The second-order valence-corrected chi connectivity index (χ2v) is 2.88. The SMILES string of the molecule is C=CCN(CC=C)PCl. The summed E-state index contributed by atoms with van der Waals surface area (Å²) in [6, 6.07) is 0. The van der Waals surface area contributed by atoms with E-state index in [9.17, 15) is 0 Å². The van der Waals surface area contributed by atoms with Crippen LogP contribution in [0.5, 0.6) is 0 Å². The summed E-state index contributed by atoms with van der Waals surface area (Å²) in [5.74, 6) is 0. The van der Waals surface area contributed by atoms with E-state index in [1.807, 2.05) is 16.8 Å². The van der Waals surface area contributed by atoms with Crippen molar-refractivity contribution in [3.63, 3.8) is 0 Å². The Morgan fingerprint density at radius 1 is 1.33 bits per heavy atom. The average molecular weight is 164 g/mol. The summed E-state index contributed by atoms with van der Waals surface area (Å²) < 4.78 is 2.04. The normalized spacial score (nSPS) is 10.9. The van der Waals surface area contributed by atoms with E-state index in [0.717, 1.165) is 13.1 Å². The lowest BCUT2D eigenvalue weighted by Gasteiger charge is -2.12. The molecular weight excluding hydrogens is 152 g/mol. The Kier molecular flexibility index (Phi) is 6.39. The van der Waals surface area contributed by atoms with E-state index in [2.05, 4.69) is 13.2 Å². The number of nitrogens with zero attached hydrogens (tertiary/aromatic N) is 1. The molecule has 1 unspecified atom stereocenters. The number of halogens is 1. The van der Waals surface area contributed by atoms with E-state index in [1.165, 1.54) is 0 Å². The maximum absolute atomic E-state index is 5.58. The Balaban J connectivity index is 3.39. The zero-order valence-electron chi connectivity index (χ0n) is 5.31. The van der Waals surface area contributed by atoms with Crippen molar-refractivity contribution in [2.45, 2.75) is 0 Å². The standard InChI is InChI=1S/C6H11ClNP/c1-3-5-8(9-7)6-4-2/h3-4,9H,1-2,5-6H2. The molecule has 0 aromatic rings. The van der Waals surface area contributed by atoms with Gasteiger partial charge in [0.15, 0.2) is 0 Å². The van der Waals surface area contributed by atoms with Crippen molar-refractivity contribution in [1.29, 1.82) is 0 Å². The third-order valence-electron chi connectivity index (χ3n) is 0.818. The minimum Gasteiger partial charge on any atom is -0.265 e. The van der Waals surface area contributed by atoms with Crippen LogP contribution in [0.25, 0.3) is 0 Å². The molecule has 0 saturated carbocycles. The first kappa shape index (κ1) is 9.16. The topological polar surface area (TPSA) is 3.24 Å². The third-order valence-corrected chi connectivity index (χ3v) is 2.14. The van der Waals surface area contributed by atoms with Crippen LogP contribution in [0.15, 0.2) is 25.3 Å². The van der Waals surface area contributed by atoms with Gasteiger partial charge in [0.05, 0.1) is 0 Å². The van der Waals surface area contributed by atoms with E-state index >= 15 is 0 Å². The first-order valence-corrected chi connectivity index (χ1v) is 4.64. The zero-order chi connectivity index (χ0) is 7.11. The second-order valence-electron chi connectivity index (χ2n) is 1.57. The zero-order valence-corrected chi connectivity index (χ0v) is 7.06. The highest BCUT2D eigenvalue weighted by atomic mass is 35.7. The van der Waals surface area contributed by atoms with Crippen molar-refractivity contribution in [3.8, 4) is 0 Å². The fourth-order valence-electron chi connectivity index (χ4n) is 0.455. The van der Waals surface area contributed by atoms with Crippen molar-refractivity contribution in [3.05, 3.63) is 25.3 Å². The van der Waals surface area contributed by atoms with Gasteiger partial charge in [0, 0.05) is 21.2 Å². The van der Waals surface area contributed by atoms with Gasteiger partial charge in [0.1, 0.15) is 0 Å². The lowest BCUT2D eigenvalue weighted by molar-refractivity contribution is 0.576. The predicted octanol–water partition coefficient (Wildman–Crippen LogP) is 2.41. The third kappa shape index (κ3) is 4.65. The van der Waals surface area contributed by atoms with Crippen LogP contribution in [0.3, 0.4) is 0 Å². The summed E-state index contributed by atoms with van der Waals surface area (Å²) >= 11 is 5.58. The number of hydrogen-bond donors (Lipinski definition) is 0. The molecule has 0 saturated heterocycles. The second kappa shape index (κ2) is 6.28. The summed E-state index contributed by atoms with van der Waals surface area (Å²) in [5, 5.41) is 0. The fourth-order valence-corrected chi connectivity index (χ4v) is 1.27. The monoisotopic (exact) mass is 163 g/mol. The van der Waals surface area contributed by atoms with Gasteiger partial charge in [-0.25, -0.2) is 0 Å². The molecule has 3 heteroatoms. The molecule has 0 bridgehead atoms. The summed E-state index contributed by atoms with van der Waals surface area (Å²) in [7, 11) is 0.326. The molecule has 9 heavy (non-hydrogen) atoms. The fraction of sp³-hybridized carbons (Fsp3) is 0.333. The molecule has 0 aliphatic heterocycles. The van der Waals surface area contributed by atoms with E-state index in [1.54, 1.807) is 0 Å². The molecule has 0 N–H and O–H groups in total. The minimum atomic E-state index is 0.326. The Hall–Kier alpha value is 0.160. The summed E-state index contributed by atoms with van der Waals surface area (Å²) in [6.07, 6.45) is 3.66. The molecule has 0 aromatic carbocycles. The van der Waals surface area contributed by atoms with Gasteiger partial charge >= 0.3 is 0 Å². The molecule has 0 amide bonds. The van der Waals surface area contributed by atoms with Gasteiger partial charge in [0.25, 0.3) is 0 Å². The van der Waals surface area contributed by atoms with Crippen molar-refractivity contribution in [2.24, 2.45) is 0 Å². The molecule has 0 aliphatic rings. The van der Waals surface area contributed by atoms with Crippen molar-refractivity contribution >= 4 is 19.3 Å². The maximum Gasteiger partial charge on any atom is 0.0484 e. The molecule has 0 aromatic heterocycles. The largest absolute Gasteiger partial charge is 0.265 e. The van der Waals surface area contributed by atoms with Crippen LogP contribution in [-0.2, 0) is 0 Å². The molecule has 0 heterocycles. The van der Waals surface area contributed by atoms with Crippen LogP contribution < -0.4 is 0 Å². The van der Waals surface area contributed by atoms with Crippen LogP contribution in [-0.4, -0.2) is 17.8 Å². The summed E-state index contributed by atoms with van der Waals surface area (Å²) in [6.45, 7) is 8.88. The summed E-state index contributed by atoms with van der Waals surface area (Å²) in [4.78, 5) is 0. The molecule has 0 fully saturated rings. The lowest BCUT2D eigenvalue weighted by Crippen LogP contribution is -2.11. The first-order valence-electron chi connectivity index (χ1n) is 2.68. The van der Waals surface area contributed by atoms with Gasteiger partial charge in [-0.1, -0.05) is 23.4 Å². The van der Waals surface area contributed by atoms with Gasteiger partial charge in [-0.3, -0.25) is 4.67 Å². The maximum atomic E-state index is 5.58. The Morgan fingerprint density at radius 3 is 2.00 bits per heavy atom. The van der Waals surface area contributed by atoms with Crippen molar-refractivity contribution in [1.82, 2.24) is 4.67 Å². The van der Waals surface area contributed by atoms with Gasteiger partial charge in [0.2, 0.25) is 0 Å². The summed E-state index contributed by atoms with van der Waals surface area (Å²) in [5.41, 5.74) is 0. The van der Waals surface area contributed by atoms with E-state index < -0.39 is 0 Å². The van der Waals surface area contributed by atoms with E-state index in [-0.39, 0.29) is 0 Å². The minimum absolute atomic E-state index is 0.326. The average Bonchev–Trinajstić information content (AvgIpc) is 1.88. The molecule has 0 aliphatic carbocycles. The van der Waals surface area contributed by atoms with E-state index in [4.69, 9.17) is 11.2 Å². The molecule has 1 atom stereocenters.